The molecule has 1 unspecified atom stereocenters. The molecule has 1 fully saturated rings. The van der Waals surface area contributed by atoms with Crippen LogP contribution >= 0.6 is 0 Å². The number of sulfonamides is 1. The molecular formula is C16H22N2O4S. The SMILES string of the molecule is Cc1cc(S(=O)(=O)NCC2CCCO2)cc2c1NC(=O)C2(C)C. The maximum Gasteiger partial charge on any atom is 0.240 e. The zero-order valence-corrected chi connectivity index (χ0v) is 14.4. The van der Waals surface area contributed by atoms with Crippen molar-refractivity contribution in [3.05, 3.63) is 23.3 Å². The molecule has 0 saturated carbocycles. The number of hydrogen-bond donors (Lipinski definition) is 2. The number of carbonyl (C=O) groups excluding carboxylic acids is 1. The normalized spacial score (nSPS) is 22.9. The highest BCUT2D eigenvalue weighted by Gasteiger charge is 2.40. The minimum atomic E-state index is -3.63. The van der Waals surface area contributed by atoms with Gasteiger partial charge in [0, 0.05) is 18.8 Å². The first-order valence-corrected chi connectivity index (χ1v) is 9.28. The molecule has 6 nitrogen and oxygen atoms in total. The van der Waals surface area contributed by atoms with E-state index in [1.807, 2.05) is 0 Å². The van der Waals surface area contributed by atoms with Gasteiger partial charge in [0.25, 0.3) is 0 Å². The standard InChI is InChI=1S/C16H22N2O4S/c1-10-7-12(8-13-14(10)18-15(19)16(13,2)3)23(20,21)17-9-11-5-4-6-22-11/h7-8,11,17H,4-6,9H2,1-3H3,(H,18,19). The molecule has 2 heterocycles. The van der Waals surface area contributed by atoms with Crippen molar-refractivity contribution in [2.45, 2.75) is 50.0 Å². The Labute approximate surface area is 136 Å². The highest BCUT2D eigenvalue weighted by atomic mass is 32.2. The second kappa shape index (κ2) is 5.58. The van der Waals surface area contributed by atoms with Gasteiger partial charge in [0.2, 0.25) is 15.9 Å². The first-order valence-electron chi connectivity index (χ1n) is 7.79. The molecule has 2 N–H and O–H groups in total. The van der Waals surface area contributed by atoms with E-state index in [2.05, 4.69) is 10.0 Å². The molecule has 2 aliphatic rings. The Hall–Kier alpha value is -1.44. The van der Waals surface area contributed by atoms with Gasteiger partial charge in [-0.1, -0.05) is 0 Å². The zero-order valence-electron chi connectivity index (χ0n) is 13.6. The van der Waals surface area contributed by atoms with Crippen LogP contribution in [0.15, 0.2) is 17.0 Å². The van der Waals surface area contributed by atoms with E-state index >= 15 is 0 Å². The highest BCUT2D eigenvalue weighted by Crippen LogP contribution is 2.40. The molecule has 2 aliphatic heterocycles. The van der Waals surface area contributed by atoms with Crippen LogP contribution in [0.5, 0.6) is 0 Å². The summed E-state index contributed by atoms with van der Waals surface area (Å²) in [6.07, 6.45) is 1.78. The van der Waals surface area contributed by atoms with Gasteiger partial charge in [0.05, 0.1) is 16.4 Å². The number of amides is 1. The Kier molecular flexibility index (Phi) is 3.98. The number of anilines is 1. The van der Waals surface area contributed by atoms with Gasteiger partial charge in [-0.25, -0.2) is 13.1 Å². The maximum absolute atomic E-state index is 12.6. The first-order chi connectivity index (χ1) is 10.7. The fourth-order valence-electron chi connectivity index (χ4n) is 3.05. The van der Waals surface area contributed by atoms with Gasteiger partial charge >= 0.3 is 0 Å². The number of aryl methyl sites for hydroxylation is 1. The Bertz CT molecular complexity index is 750. The van der Waals surface area contributed by atoms with Gasteiger partial charge in [-0.3, -0.25) is 4.79 Å². The summed E-state index contributed by atoms with van der Waals surface area (Å²) in [5, 5.41) is 2.84. The summed E-state index contributed by atoms with van der Waals surface area (Å²) in [6, 6.07) is 3.19. The van der Waals surface area contributed by atoms with Crippen LogP contribution in [0.3, 0.4) is 0 Å². The maximum atomic E-state index is 12.6. The molecule has 126 valence electrons. The van der Waals surface area contributed by atoms with Crippen molar-refractivity contribution >= 4 is 21.6 Å². The van der Waals surface area contributed by atoms with E-state index in [4.69, 9.17) is 4.74 Å². The summed E-state index contributed by atoms with van der Waals surface area (Å²) in [7, 11) is -3.63. The third-order valence-electron chi connectivity index (χ3n) is 4.62. The molecular weight excluding hydrogens is 316 g/mol. The lowest BCUT2D eigenvalue weighted by atomic mass is 9.85. The molecule has 1 amide bonds. The number of fused-ring (bicyclic) bond motifs is 1. The van der Waals surface area contributed by atoms with Crippen molar-refractivity contribution in [2.75, 3.05) is 18.5 Å². The number of benzene rings is 1. The predicted molar refractivity (Wildman–Crippen MR) is 87.0 cm³/mol. The van der Waals surface area contributed by atoms with E-state index in [-0.39, 0.29) is 23.5 Å². The number of carbonyl (C=O) groups is 1. The van der Waals surface area contributed by atoms with Crippen molar-refractivity contribution in [3.8, 4) is 0 Å². The summed E-state index contributed by atoms with van der Waals surface area (Å²) in [5.41, 5.74) is 1.46. The summed E-state index contributed by atoms with van der Waals surface area (Å²) in [5.74, 6) is -0.113. The Balaban J connectivity index is 1.90. The predicted octanol–water partition coefficient (Wildman–Crippen LogP) is 1.68. The van der Waals surface area contributed by atoms with Crippen molar-refractivity contribution < 1.29 is 17.9 Å². The van der Waals surface area contributed by atoms with Crippen molar-refractivity contribution in [1.82, 2.24) is 4.72 Å². The Morgan fingerprint density at radius 2 is 2.13 bits per heavy atom. The molecule has 0 radical (unpaired) electrons. The van der Waals surface area contributed by atoms with E-state index in [1.165, 1.54) is 0 Å². The van der Waals surface area contributed by atoms with Crippen LogP contribution < -0.4 is 10.0 Å². The lowest BCUT2D eigenvalue weighted by Crippen LogP contribution is -2.32. The van der Waals surface area contributed by atoms with E-state index < -0.39 is 15.4 Å². The minimum absolute atomic E-state index is 0.0556. The fourth-order valence-corrected chi connectivity index (χ4v) is 4.23. The smallest absolute Gasteiger partial charge is 0.240 e. The largest absolute Gasteiger partial charge is 0.377 e. The molecule has 23 heavy (non-hydrogen) atoms. The number of nitrogens with one attached hydrogen (secondary N) is 2. The lowest BCUT2D eigenvalue weighted by Gasteiger charge is -2.17. The van der Waals surface area contributed by atoms with Crippen LogP contribution in [-0.4, -0.2) is 33.6 Å². The highest BCUT2D eigenvalue weighted by molar-refractivity contribution is 7.89. The average molecular weight is 338 g/mol. The summed E-state index contributed by atoms with van der Waals surface area (Å²) < 4.78 is 33.2. The first kappa shape index (κ1) is 16.4. The van der Waals surface area contributed by atoms with Crippen LogP contribution in [0.2, 0.25) is 0 Å². The van der Waals surface area contributed by atoms with Crippen LogP contribution in [-0.2, 0) is 25.0 Å². The van der Waals surface area contributed by atoms with Crippen LogP contribution in [0.4, 0.5) is 5.69 Å². The monoisotopic (exact) mass is 338 g/mol. The molecule has 0 spiro atoms. The summed E-state index contributed by atoms with van der Waals surface area (Å²) in [4.78, 5) is 12.3. The van der Waals surface area contributed by atoms with Gasteiger partial charge < -0.3 is 10.1 Å². The number of ether oxygens (including phenoxy) is 1. The molecule has 0 bridgehead atoms. The summed E-state index contributed by atoms with van der Waals surface area (Å²) in [6.45, 7) is 6.36. The molecule has 7 heteroatoms. The molecule has 0 aromatic heterocycles. The minimum Gasteiger partial charge on any atom is -0.377 e. The molecule has 0 aliphatic carbocycles. The van der Waals surface area contributed by atoms with E-state index in [0.29, 0.717) is 6.61 Å². The Morgan fingerprint density at radius 3 is 2.78 bits per heavy atom. The van der Waals surface area contributed by atoms with Gasteiger partial charge in [0.15, 0.2) is 0 Å². The fraction of sp³-hybridized carbons (Fsp3) is 0.562. The summed E-state index contributed by atoms with van der Waals surface area (Å²) >= 11 is 0. The third-order valence-corrected chi connectivity index (χ3v) is 6.03. The number of rotatable bonds is 4. The lowest BCUT2D eigenvalue weighted by molar-refractivity contribution is -0.119. The van der Waals surface area contributed by atoms with E-state index in [0.717, 1.165) is 29.7 Å². The molecule has 1 saturated heterocycles. The van der Waals surface area contributed by atoms with Gasteiger partial charge in [-0.2, -0.15) is 0 Å². The third kappa shape index (κ3) is 2.88. The molecule has 1 aromatic rings. The molecule has 1 aromatic carbocycles. The second-order valence-corrected chi connectivity index (χ2v) is 8.50. The van der Waals surface area contributed by atoms with Gasteiger partial charge in [-0.05, 0) is 56.9 Å². The topological polar surface area (TPSA) is 84.5 Å². The van der Waals surface area contributed by atoms with Crippen LogP contribution in [0.25, 0.3) is 0 Å². The second-order valence-electron chi connectivity index (χ2n) is 6.73. The van der Waals surface area contributed by atoms with Crippen LogP contribution in [0.1, 0.15) is 37.8 Å². The zero-order chi connectivity index (χ0) is 16.8. The van der Waals surface area contributed by atoms with Crippen molar-refractivity contribution in [3.63, 3.8) is 0 Å². The molecule has 3 rings (SSSR count). The van der Waals surface area contributed by atoms with Crippen molar-refractivity contribution in [2.24, 2.45) is 0 Å². The Morgan fingerprint density at radius 1 is 1.39 bits per heavy atom. The van der Waals surface area contributed by atoms with Gasteiger partial charge in [0.1, 0.15) is 0 Å². The van der Waals surface area contributed by atoms with Crippen LogP contribution in [0, 0.1) is 6.92 Å². The molecule has 1 atom stereocenters. The quantitative estimate of drug-likeness (QED) is 0.875. The van der Waals surface area contributed by atoms with E-state index in [1.54, 1.807) is 32.9 Å². The van der Waals surface area contributed by atoms with E-state index in [9.17, 15) is 13.2 Å². The average Bonchev–Trinajstić information content (AvgIpc) is 3.06. The van der Waals surface area contributed by atoms with Gasteiger partial charge in [-0.15, -0.1) is 0 Å². The van der Waals surface area contributed by atoms with Crippen molar-refractivity contribution in [1.29, 1.82) is 0 Å². The number of hydrogen-bond acceptors (Lipinski definition) is 4.